The van der Waals surface area contributed by atoms with Gasteiger partial charge in [-0.2, -0.15) is 0 Å². The molecular weight excluding hydrogens is 387 g/mol. The molecule has 9 heteroatoms. The second-order valence-electron chi connectivity index (χ2n) is 5.99. The molecule has 1 N–H and O–H groups in total. The Morgan fingerprint density at radius 3 is 2.29 bits per heavy atom. The molecule has 0 saturated heterocycles. The van der Waals surface area contributed by atoms with Crippen LogP contribution in [0.15, 0.2) is 48.5 Å². The second kappa shape index (κ2) is 8.83. The van der Waals surface area contributed by atoms with Gasteiger partial charge in [-0.15, -0.1) is 0 Å². The molecule has 0 fully saturated rings. The summed E-state index contributed by atoms with van der Waals surface area (Å²) in [6, 6.07) is 9.93. The molecule has 0 radical (unpaired) electrons. The molecule has 0 spiro atoms. The summed E-state index contributed by atoms with van der Waals surface area (Å²) < 4.78 is 43.6. The molecule has 0 aliphatic rings. The molecule has 28 heavy (non-hydrogen) atoms. The summed E-state index contributed by atoms with van der Waals surface area (Å²) in [5.41, 5.74) is 0.499. The predicted molar refractivity (Wildman–Crippen MR) is 104 cm³/mol. The summed E-state index contributed by atoms with van der Waals surface area (Å²) in [5.74, 6) is -1.79. The lowest BCUT2D eigenvalue weighted by molar-refractivity contribution is -0.117. The summed E-state index contributed by atoms with van der Waals surface area (Å²) in [5, 5.41) is 2.59. The first-order valence-electron chi connectivity index (χ1n) is 8.42. The van der Waals surface area contributed by atoms with Gasteiger partial charge in [0.15, 0.2) is 0 Å². The number of anilines is 2. The molecular formula is C19H21FN2O5S. The van der Waals surface area contributed by atoms with E-state index in [4.69, 9.17) is 4.74 Å². The minimum atomic E-state index is -3.85. The van der Waals surface area contributed by atoms with E-state index in [1.807, 2.05) is 0 Å². The van der Waals surface area contributed by atoms with Crippen molar-refractivity contribution in [2.24, 2.45) is 0 Å². The van der Waals surface area contributed by atoms with Crippen LogP contribution < -0.4 is 9.62 Å². The molecule has 0 aliphatic heterocycles. The largest absolute Gasteiger partial charge is 0.465 e. The highest BCUT2D eigenvalue weighted by atomic mass is 32.2. The number of esters is 1. The summed E-state index contributed by atoms with van der Waals surface area (Å²) in [4.78, 5) is 24.8. The number of nitrogens with one attached hydrogen (secondary N) is 1. The van der Waals surface area contributed by atoms with Crippen LogP contribution in [0.2, 0.25) is 0 Å². The van der Waals surface area contributed by atoms with Gasteiger partial charge in [-0.3, -0.25) is 9.10 Å². The molecule has 7 nitrogen and oxygen atoms in total. The Labute approximate surface area is 163 Å². The number of benzene rings is 2. The van der Waals surface area contributed by atoms with Gasteiger partial charge in [-0.25, -0.2) is 17.6 Å². The van der Waals surface area contributed by atoms with Crippen molar-refractivity contribution in [3.8, 4) is 0 Å². The van der Waals surface area contributed by atoms with E-state index in [1.165, 1.54) is 31.4 Å². The van der Waals surface area contributed by atoms with Crippen molar-refractivity contribution in [1.29, 1.82) is 0 Å². The Balaban J connectivity index is 2.41. The molecule has 0 aliphatic carbocycles. The molecule has 2 rings (SSSR count). The summed E-state index contributed by atoms with van der Waals surface area (Å²) in [7, 11) is -2.63. The van der Waals surface area contributed by atoms with Crippen molar-refractivity contribution in [3.63, 3.8) is 0 Å². The molecule has 0 saturated carbocycles. The number of hydrogen-bond acceptors (Lipinski definition) is 5. The summed E-state index contributed by atoms with van der Waals surface area (Å²) >= 11 is 0. The van der Waals surface area contributed by atoms with Crippen molar-refractivity contribution in [2.45, 2.75) is 19.4 Å². The number of carbonyl (C=O) groups is 2. The molecule has 1 atom stereocenters. The van der Waals surface area contributed by atoms with Gasteiger partial charge >= 0.3 is 5.97 Å². The smallest absolute Gasteiger partial charge is 0.339 e. The predicted octanol–water partition coefficient (Wildman–Crippen LogP) is 2.80. The summed E-state index contributed by atoms with van der Waals surface area (Å²) in [6.45, 7) is 1.65. The normalized spacial score (nSPS) is 12.1. The van der Waals surface area contributed by atoms with Gasteiger partial charge < -0.3 is 10.1 Å². The van der Waals surface area contributed by atoms with Crippen LogP contribution in [0.4, 0.5) is 15.8 Å². The first kappa shape index (κ1) is 21.4. The average Bonchev–Trinajstić information content (AvgIpc) is 2.65. The minimum absolute atomic E-state index is 0.140. The number of amides is 1. The lowest BCUT2D eigenvalue weighted by Crippen LogP contribution is -2.47. The van der Waals surface area contributed by atoms with Crippen molar-refractivity contribution in [3.05, 3.63) is 59.9 Å². The van der Waals surface area contributed by atoms with E-state index >= 15 is 0 Å². The minimum Gasteiger partial charge on any atom is -0.465 e. The van der Waals surface area contributed by atoms with Gasteiger partial charge in [0.25, 0.3) is 0 Å². The van der Waals surface area contributed by atoms with E-state index in [0.29, 0.717) is 0 Å². The fraction of sp³-hybridized carbons (Fsp3) is 0.263. The molecule has 1 amide bonds. The SMILES string of the molecule is CC[C@@H](C(=O)Nc1ccccc1C(=O)OC)N(c1ccc(F)cc1)S(C)(=O)=O. The van der Waals surface area contributed by atoms with E-state index in [-0.39, 0.29) is 23.4 Å². The Kier molecular flexibility index (Phi) is 6.74. The first-order chi connectivity index (χ1) is 13.2. The fourth-order valence-corrected chi connectivity index (χ4v) is 3.96. The lowest BCUT2D eigenvalue weighted by atomic mass is 10.1. The molecule has 2 aromatic carbocycles. The zero-order valence-corrected chi connectivity index (χ0v) is 16.5. The van der Waals surface area contributed by atoms with Crippen LogP contribution in [0, 0.1) is 5.82 Å². The van der Waals surface area contributed by atoms with Crippen molar-refractivity contribution in [1.82, 2.24) is 0 Å². The lowest BCUT2D eigenvalue weighted by Gasteiger charge is -2.30. The molecule has 2 aromatic rings. The molecule has 0 bridgehead atoms. The molecule has 0 aromatic heterocycles. The fourth-order valence-electron chi connectivity index (χ4n) is 2.74. The molecule has 0 heterocycles. The quantitative estimate of drug-likeness (QED) is 0.711. The van der Waals surface area contributed by atoms with Gasteiger partial charge in [0, 0.05) is 0 Å². The zero-order chi connectivity index (χ0) is 20.9. The van der Waals surface area contributed by atoms with Crippen LogP contribution >= 0.6 is 0 Å². The maximum Gasteiger partial charge on any atom is 0.339 e. The monoisotopic (exact) mass is 408 g/mol. The highest BCUT2D eigenvalue weighted by Gasteiger charge is 2.32. The van der Waals surface area contributed by atoms with Gasteiger partial charge in [0.2, 0.25) is 15.9 Å². The van der Waals surface area contributed by atoms with E-state index in [9.17, 15) is 22.4 Å². The van der Waals surface area contributed by atoms with Crippen LogP contribution in [-0.2, 0) is 19.6 Å². The number of para-hydroxylation sites is 1. The zero-order valence-electron chi connectivity index (χ0n) is 15.7. The Bertz CT molecular complexity index is 961. The van der Waals surface area contributed by atoms with Gasteiger partial charge in [-0.1, -0.05) is 19.1 Å². The Hall–Kier alpha value is -2.94. The first-order valence-corrected chi connectivity index (χ1v) is 10.3. The molecule has 150 valence electrons. The number of nitrogens with zero attached hydrogens (tertiary/aromatic N) is 1. The number of ether oxygens (including phenoxy) is 1. The highest BCUT2D eigenvalue weighted by molar-refractivity contribution is 7.92. The van der Waals surface area contributed by atoms with Gasteiger partial charge in [0.05, 0.1) is 30.3 Å². The number of carbonyl (C=O) groups excluding carboxylic acids is 2. The third kappa shape index (κ3) is 4.86. The number of methoxy groups -OCH3 is 1. The number of sulfonamides is 1. The number of rotatable bonds is 7. The third-order valence-electron chi connectivity index (χ3n) is 4.00. The number of hydrogen-bond donors (Lipinski definition) is 1. The van der Waals surface area contributed by atoms with E-state index < -0.39 is 33.8 Å². The van der Waals surface area contributed by atoms with Gasteiger partial charge in [0.1, 0.15) is 11.9 Å². The maximum absolute atomic E-state index is 13.2. The third-order valence-corrected chi connectivity index (χ3v) is 5.18. The van der Waals surface area contributed by atoms with Crippen molar-refractivity contribution >= 4 is 33.3 Å². The average molecular weight is 408 g/mol. The molecule has 0 unspecified atom stereocenters. The van der Waals surface area contributed by atoms with Crippen LogP contribution in [-0.4, -0.2) is 39.7 Å². The standard InChI is InChI=1S/C19H21FN2O5S/c1-4-17(22(28(3,25)26)14-11-9-13(20)10-12-14)18(23)21-16-8-6-5-7-15(16)19(24)27-2/h5-12,17H,4H2,1-3H3,(H,21,23)/t17-/m0/s1. The topological polar surface area (TPSA) is 92.8 Å². The van der Waals surface area contributed by atoms with Gasteiger partial charge in [-0.05, 0) is 42.8 Å². The highest BCUT2D eigenvalue weighted by Crippen LogP contribution is 2.24. The number of halogens is 1. The van der Waals surface area contributed by atoms with Crippen LogP contribution in [0.1, 0.15) is 23.7 Å². The van der Waals surface area contributed by atoms with E-state index in [1.54, 1.807) is 19.1 Å². The van der Waals surface area contributed by atoms with Crippen molar-refractivity contribution < 1.29 is 27.1 Å². The van der Waals surface area contributed by atoms with Crippen LogP contribution in [0.5, 0.6) is 0 Å². The van der Waals surface area contributed by atoms with Crippen molar-refractivity contribution in [2.75, 3.05) is 23.0 Å². The summed E-state index contributed by atoms with van der Waals surface area (Å²) in [6.07, 6.45) is 1.12. The van der Waals surface area contributed by atoms with E-state index in [0.717, 1.165) is 22.7 Å². The maximum atomic E-state index is 13.2. The van der Waals surface area contributed by atoms with Crippen LogP contribution in [0.25, 0.3) is 0 Å². The van der Waals surface area contributed by atoms with Crippen LogP contribution in [0.3, 0.4) is 0 Å². The Morgan fingerprint density at radius 1 is 1.14 bits per heavy atom. The Morgan fingerprint density at radius 2 is 1.75 bits per heavy atom. The second-order valence-corrected chi connectivity index (χ2v) is 7.85. The van der Waals surface area contributed by atoms with E-state index in [2.05, 4.69) is 5.32 Å².